The van der Waals surface area contributed by atoms with E-state index in [1.54, 1.807) is 26.8 Å². The number of ether oxygens (including phenoxy) is 1. The van der Waals surface area contributed by atoms with Crippen molar-refractivity contribution in [1.82, 2.24) is 4.90 Å². The monoisotopic (exact) mass is 295 g/mol. The lowest BCUT2D eigenvalue weighted by Gasteiger charge is -2.35. The Balaban J connectivity index is 2.30. The van der Waals surface area contributed by atoms with Crippen molar-refractivity contribution in [3.63, 3.8) is 0 Å². The van der Waals surface area contributed by atoms with Crippen LogP contribution in [0.1, 0.15) is 31.9 Å². The van der Waals surface area contributed by atoms with E-state index in [1.807, 2.05) is 0 Å². The number of amides is 1. The molecule has 114 valence electrons. The van der Waals surface area contributed by atoms with Gasteiger partial charge in [-0.2, -0.15) is 0 Å². The van der Waals surface area contributed by atoms with E-state index < -0.39 is 29.5 Å². The van der Waals surface area contributed by atoms with E-state index in [9.17, 15) is 19.1 Å². The highest BCUT2D eigenvalue weighted by Crippen LogP contribution is 2.26. The molecule has 2 rings (SSSR count). The van der Waals surface area contributed by atoms with Gasteiger partial charge in [-0.15, -0.1) is 0 Å². The summed E-state index contributed by atoms with van der Waals surface area (Å²) < 4.78 is 18.5. The molecule has 1 aromatic carbocycles. The summed E-state index contributed by atoms with van der Waals surface area (Å²) in [5.74, 6) is -1.51. The molecule has 21 heavy (non-hydrogen) atoms. The summed E-state index contributed by atoms with van der Waals surface area (Å²) in [5, 5.41) is 9.31. The smallest absolute Gasteiger partial charge is 0.411 e. The Bertz CT molecular complexity index is 580. The molecular formula is C15H18FNO4. The highest BCUT2D eigenvalue weighted by molar-refractivity contribution is 5.81. The van der Waals surface area contributed by atoms with Crippen LogP contribution in [-0.4, -0.2) is 33.7 Å². The maximum atomic E-state index is 13.3. The third-order valence-corrected chi connectivity index (χ3v) is 3.21. The number of benzene rings is 1. The number of fused-ring (bicyclic) bond motifs is 1. The quantitative estimate of drug-likeness (QED) is 0.864. The standard InChI is InChI=1S/C15H18FNO4/c1-15(2,3)21-14(20)17-8-10-6-11(16)5-4-9(10)7-12(17)13(18)19/h4-6,12H,7-8H2,1-3H3,(H,18,19). The molecule has 1 aliphatic heterocycles. The fourth-order valence-corrected chi connectivity index (χ4v) is 2.29. The van der Waals surface area contributed by atoms with Crippen molar-refractivity contribution >= 4 is 12.1 Å². The van der Waals surface area contributed by atoms with Crippen molar-refractivity contribution < 1.29 is 23.8 Å². The van der Waals surface area contributed by atoms with Crippen molar-refractivity contribution in [3.8, 4) is 0 Å². The molecule has 0 radical (unpaired) electrons. The van der Waals surface area contributed by atoms with Crippen molar-refractivity contribution in [2.75, 3.05) is 0 Å². The number of aliphatic carboxylic acids is 1. The molecule has 0 aromatic heterocycles. The minimum atomic E-state index is -1.10. The van der Waals surface area contributed by atoms with Gasteiger partial charge in [0.15, 0.2) is 0 Å². The van der Waals surface area contributed by atoms with Gasteiger partial charge in [0.05, 0.1) is 6.54 Å². The number of carbonyl (C=O) groups is 2. The number of halogens is 1. The number of carbonyl (C=O) groups excluding carboxylic acids is 1. The molecule has 1 amide bonds. The molecule has 5 nitrogen and oxygen atoms in total. The maximum absolute atomic E-state index is 13.3. The number of nitrogens with zero attached hydrogens (tertiary/aromatic N) is 1. The number of hydrogen-bond acceptors (Lipinski definition) is 3. The van der Waals surface area contributed by atoms with E-state index in [-0.39, 0.29) is 13.0 Å². The van der Waals surface area contributed by atoms with Gasteiger partial charge in [0.2, 0.25) is 0 Å². The molecule has 0 spiro atoms. The second-order valence-electron chi connectivity index (χ2n) is 6.08. The molecule has 0 saturated heterocycles. The van der Waals surface area contributed by atoms with Crippen LogP contribution < -0.4 is 0 Å². The summed E-state index contributed by atoms with van der Waals surface area (Å²) in [6.45, 7) is 5.15. The highest BCUT2D eigenvalue weighted by atomic mass is 19.1. The Labute approximate surface area is 122 Å². The molecule has 1 aromatic rings. The molecule has 0 aliphatic carbocycles. The van der Waals surface area contributed by atoms with Crippen LogP contribution in [0.3, 0.4) is 0 Å². The maximum Gasteiger partial charge on any atom is 0.411 e. The Morgan fingerprint density at radius 2 is 2.00 bits per heavy atom. The third-order valence-electron chi connectivity index (χ3n) is 3.21. The van der Waals surface area contributed by atoms with Gasteiger partial charge in [-0.1, -0.05) is 6.07 Å². The average molecular weight is 295 g/mol. The Morgan fingerprint density at radius 3 is 2.57 bits per heavy atom. The molecule has 1 N–H and O–H groups in total. The topological polar surface area (TPSA) is 66.8 Å². The molecule has 1 heterocycles. The Kier molecular flexibility index (Phi) is 3.89. The third kappa shape index (κ3) is 3.51. The van der Waals surface area contributed by atoms with Crippen LogP contribution >= 0.6 is 0 Å². The summed E-state index contributed by atoms with van der Waals surface area (Å²) >= 11 is 0. The summed E-state index contributed by atoms with van der Waals surface area (Å²) in [7, 11) is 0. The normalized spacial score (nSPS) is 18.1. The predicted octanol–water partition coefficient (Wildman–Crippen LogP) is 2.57. The van der Waals surface area contributed by atoms with Crippen LogP contribution in [0.5, 0.6) is 0 Å². The van der Waals surface area contributed by atoms with Crippen LogP contribution in [0.2, 0.25) is 0 Å². The second kappa shape index (κ2) is 5.35. The van der Waals surface area contributed by atoms with E-state index in [2.05, 4.69) is 0 Å². The molecule has 0 bridgehead atoms. The van der Waals surface area contributed by atoms with Crippen LogP contribution in [0.4, 0.5) is 9.18 Å². The van der Waals surface area contributed by atoms with Crippen LogP contribution in [-0.2, 0) is 22.5 Å². The number of carboxylic acid groups (broad SMARTS) is 1. The van der Waals surface area contributed by atoms with Crippen LogP contribution in [0.15, 0.2) is 18.2 Å². The summed E-state index contributed by atoms with van der Waals surface area (Å²) in [4.78, 5) is 24.7. The fourth-order valence-electron chi connectivity index (χ4n) is 2.29. The van der Waals surface area contributed by atoms with Gasteiger partial charge in [0.25, 0.3) is 0 Å². The lowest BCUT2D eigenvalue weighted by Crippen LogP contribution is -2.50. The van der Waals surface area contributed by atoms with Gasteiger partial charge in [-0.3, -0.25) is 4.90 Å². The van der Waals surface area contributed by atoms with Gasteiger partial charge >= 0.3 is 12.1 Å². The lowest BCUT2D eigenvalue weighted by atomic mass is 9.94. The van der Waals surface area contributed by atoms with Gasteiger partial charge < -0.3 is 9.84 Å². The lowest BCUT2D eigenvalue weighted by molar-refractivity contribution is -0.143. The van der Waals surface area contributed by atoms with E-state index >= 15 is 0 Å². The summed E-state index contributed by atoms with van der Waals surface area (Å²) in [5.41, 5.74) is 0.629. The first-order chi connectivity index (χ1) is 9.67. The number of rotatable bonds is 1. The molecular weight excluding hydrogens is 277 g/mol. The van der Waals surface area contributed by atoms with Crippen molar-refractivity contribution in [2.45, 2.75) is 45.4 Å². The molecule has 1 atom stereocenters. The predicted molar refractivity (Wildman–Crippen MR) is 73.3 cm³/mol. The molecule has 1 aliphatic rings. The molecule has 0 fully saturated rings. The van der Waals surface area contributed by atoms with Crippen molar-refractivity contribution in [1.29, 1.82) is 0 Å². The van der Waals surface area contributed by atoms with Gasteiger partial charge in [-0.05, 0) is 44.0 Å². The zero-order valence-electron chi connectivity index (χ0n) is 12.2. The largest absolute Gasteiger partial charge is 0.480 e. The molecule has 1 unspecified atom stereocenters. The van der Waals surface area contributed by atoms with Crippen LogP contribution in [0.25, 0.3) is 0 Å². The second-order valence-corrected chi connectivity index (χ2v) is 6.08. The highest BCUT2D eigenvalue weighted by Gasteiger charge is 2.37. The first kappa shape index (κ1) is 15.3. The van der Waals surface area contributed by atoms with Crippen LogP contribution in [0, 0.1) is 5.82 Å². The fraction of sp³-hybridized carbons (Fsp3) is 0.467. The van der Waals surface area contributed by atoms with Gasteiger partial charge in [0, 0.05) is 6.42 Å². The SMILES string of the molecule is CC(C)(C)OC(=O)N1Cc2cc(F)ccc2CC1C(=O)O. The Morgan fingerprint density at radius 1 is 1.33 bits per heavy atom. The molecule has 0 saturated carbocycles. The number of carboxylic acids is 1. The minimum Gasteiger partial charge on any atom is -0.480 e. The van der Waals surface area contributed by atoms with Gasteiger partial charge in [-0.25, -0.2) is 14.0 Å². The zero-order chi connectivity index (χ0) is 15.8. The first-order valence-electron chi connectivity index (χ1n) is 6.67. The average Bonchev–Trinajstić information content (AvgIpc) is 2.34. The van der Waals surface area contributed by atoms with Crippen molar-refractivity contribution in [2.24, 2.45) is 0 Å². The van der Waals surface area contributed by atoms with E-state index in [0.29, 0.717) is 5.56 Å². The summed E-state index contributed by atoms with van der Waals surface area (Å²) in [6, 6.07) is 3.18. The summed E-state index contributed by atoms with van der Waals surface area (Å²) in [6.07, 6.45) is -0.561. The minimum absolute atomic E-state index is 0.0268. The first-order valence-corrected chi connectivity index (χ1v) is 6.67. The number of hydrogen-bond donors (Lipinski definition) is 1. The zero-order valence-corrected chi connectivity index (χ0v) is 12.2. The van der Waals surface area contributed by atoms with E-state index in [1.165, 1.54) is 12.1 Å². The van der Waals surface area contributed by atoms with Crippen molar-refractivity contribution in [3.05, 3.63) is 35.1 Å². The van der Waals surface area contributed by atoms with Gasteiger partial charge in [0.1, 0.15) is 17.5 Å². The molecule has 6 heteroatoms. The van der Waals surface area contributed by atoms with E-state index in [0.717, 1.165) is 10.5 Å². The Hall–Kier alpha value is -2.11. The van der Waals surface area contributed by atoms with E-state index in [4.69, 9.17) is 4.74 Å².